The number of carbonyl (C=O) groups excluding carboxylic acids is 1. The van der Waals surface area contributed by atoms with Gasteiger partial charge in [0.25, 0.3) is 5.91 Å². The molecule has 0 radical (unpaired) electrons. The first-order chi connectivity index (χ1) is 19.5. The summed E-state index contributed by atoms with van der Waals surface area (Å²) in [5.41, 5.74) is 0.0622. The first-order valence-electron chi connectivity index (χ1n) is 13.0. The molecule has 2 atom stereocenters. The molecule has 1 amide bonds. The number of halogens is 4. The molecule has 1 saturated heterocycles. The minimum atomic E-state index is -4.74. The summed E-state index contributed by atoms with van der Waals surface area (Å²) in [4.78, 5) is 22.0. The second kappa shape index (κ2) is 11.3. The van der Waals surface area contributed by atoms with E-state index in [1.807, 2.05) is 25.1 Å². The third-order valence-electron chi connectivity index (χ3n) is 7.54. The van der Waals surface area contributed by atoms with E-state index >= 15 is 0 Å². The molecule has 0 saturated carbocycles. The Labute approximate surface area is 239 Å². The molecular weight excluding hydrogens is 559 g/mol. The van der Waals surface area contributed by atoms with Crippen molar-refractivity contribution in [3.05, 3.63) is 82.1 Å². The number of alkyl halides is 3. The summed E-state index contributed by atoms with van der Waals surface area (Å²) < 4.78 is 48.8. The van der Waals surface area contributed by atoms with Gasteiger partial charge in [-0.1, -0.05) is 29.8 Å². The summed E-state index contributed by atoms with van der Waals surface area (Å²) in [6, 6.07) is 13.1. The molecule has 1 fully saturated rings. The van der Waals surface area contributed by atoms with Crippen molar-refractivity contribution in [3.8, 4) is 17.0 Å². The molecular formula is C29H29ClF3N5O3. The van der Waals surface area contributed by atoms with Crippen LogP contribution in [-0.2, 0) is 6.18 Å². The number of ether oxygens (including phenoxy) is 1. The molecule has 1 N–H and O–H groups in total. The van der Waals surface area contributed by atoms with E-state index in [-0.39, 0.29) is 41.2 Å². The Morgan fingerprint density at radius 1 is 1.17 bits per heavy atom. The molecule has 2 aromatic carbocycles. The Morgan fingerprint density at radius 3 is 2.49 bits per heavy atom. The van der Waals surface area contributed by atoms with E-state index in [0.717, 1.165) is 11.8 Å². The van der Waals surface area contributed by atoms with E-state index in [0.29, 0.717) is 40.5 Å². The Bertz CT molecular complexity index is 1570. The summed E-state index contributed by atoms with van der Waals surface area (Å²) in [6.45, 7) is 4.20. The van der Waals surface area contributed by atoms with E-state index in [9.17, 15) is 23.1 Å². The van der Waals surface area contributed by atoms with Gasteiger partial charge in [0, 0.05) is 41.8 Å². The Kier molecular flexibility index (Phi) is 7.95. The van der Waals surface area contributed by atoms with Crippen molar-refractivity contribution in [1.82, 2.24) is 24.4 Å². The minimum absolute atomic E-state index is 0.0182. The van der Waals surface area contributed by atoms with Crippen LogP contribution in [0.25, 0.3) is 16.9 Å². The van der Waals surface area contributed by atoms with Crippen molar-refractivity contribution < 1.29 is 27.8 Å². The predicted molar refractivity (Wildman–Crippen MR) is 148 cm³/mol. The van der Waals surface area contributed by atoms with Gasteiger partial charge in [-0.3, -0.25) is 9.69 Å². The van der Waals surface area contributed by atoms with Crippen LogP contribution in [0.5, 0.6) is 5.75 Å². The number of amides is 1. The van der Waals surface area contributed by atoms with Gasteiger partial charge in [-0.15, -0.1) is 0 Å². The number of fused-ring (bicyclic) bond motifs is 1. The van der Waals surface area contributed by atoms with Crippen molar-refractivity contribution in [1.29, 1.82) is 0 Å². The highest BCUT2D eigenvalue weighted by Gasteiger charge is 2.40. The van der Waals surface area contributed by atoms with Crippen LogP contribution in [0.3, 0.4) is 0 Å². The van der Waals surface area contributed by atoms with Crippen LogP contribution < -0.4 is 4.74 Å². The lowest BCUT2D eigenvalue weighted by molar-refractivity contribution is -0.143. The summed E-state index contributed by atoms with van der Waals surface area (Å²) in [6.07, 6.45) is -3.59. The Morgan fingerprint density at radius 2 is 1.88 bits per heavy atom. The zero-order valence-electron chi connectivity index (χ0n) is 22.7. The minimum Gasteiger partial charge on any atom is -0.497 e. The fourth-order valence-electron chi connectivity index (χ4n) is 5.47. The topological polar surface area (TPSA) is 83.2 Å². The van der Waals surface area contributed by atoms with E-state index < -0.39 is 17.8 Å². The summed E-state index contributed by atoms with van der Waals surface area (Å²) in [5.74, 6) is 0.0884. The molecule has 12 heteroatoms. The molecule has 0 bridgehead atoms. The van der Waals surface area contributed by atoms with Gasteiger partial charge in [0.2, 0.25) is 0 Å². The van der Waals surface area contributed by atoms with Crippen molar-refractivity contribution in [3.63, 3.8) is 0 Å². The lowest BCUT2D eigenvalue weighted by Crippen LogP contribution is -2.55. The average Bonchev–Trinajstić information content (AvgIpc) is 3.36. The molecule has 2 aromatic heterocycles. The number of hydrogen-bond acceptors (Lipinski definition) is 6. The molecule has 0 spiro atoms. The number of aromatic nitrogens is 3. The molecule has 1 aliphatic heterocycles. The number of benzene rings is 2. The first-order valence-corrected chi connectivity index (χ1v) is 13.4. The molecule has 41 heavy (non-hydrogen) atoms. The quantitative estimate of drug-likeness (QED) is 0.331. The molecule has 5 rings (SSSR count). The van der Waals surface area contributed by atoms with Gasteiger partial charge in [0.05, 0.1) is 31.6 Å². The average molecular weight is 588 g/mol. The highest BCUT2D eigenvalue weighted by Crippen LogP contribution is 2.37. The van der Waals surface area contributed by atoms with Crippen LogP contribution in [0.15, 0.2) is 54.7 Å². The number of hydrogen-bond donors (Lipinski definition) is 1. The van der Waals surface area contributed by atoms with Gasteiger partial charge in [0.1, 0.15) is 11.3 Å². The Balaban J connectivity index is 1.49. The van der Waals surface area contributed by atoms with Crippen LogP contribution >= 0.6 is 11.6 Å². The monoisotopic (exact) mass is 587 g/mol. The van der Waals surface area contributed by atoms with Gasteiger partial charge in [-0.25, -0.2) is 9.50 Å². The van der Waals surface area contributed by atoms with Gasteiger partial charge < -0.3 is 14.7 Å². The Hall–Kier alpha value is -3.67. The number of methoxy groups -OCH3 is 1. The normalized spacial score (nSPS) is 17.2. The van der Waals surface area contributed by atoms with Gasteiger partial charge in [-0.2, -0.15) is 18.3 Å². The maximum Gasteiger partial charge on any atom is 0.433 e. The number of piperazine rings is 1. The van der Waals surface area contributed by atoms with Crippen molar-refractivity contribution in [2.75, 3.05) is 33.4 Å². The van der Waals surface area contributed by atoms with Crippen molar-refractivity contribution in [2.45, 2.75) is 32.1 Å². The maximum absolute atomic E-state index is 14.3. The highest BCUT2D eigenvalue weighted by atomic mass is 35.5. The van der Waals surface area contributed by atoms with E-state index in [4.69, 9.17) is 16.3 Å². The van der Waals surface area contributed by atoms with Gasteiger partial charge >= 0.3 is 6.18 Å². The zero-order chi connectivity index (χ0) is 29.5. The first kappa shape index (κ1) is 28.8. The SMILES string of the molecule is COc1ccc(-c2nc3c(C(=O)N4CCN([C@H](CO)c5ccccc5Cl)C[C@H]4C)cnn3c(C(F)(F)F)c2C)cc1. The lowest BCUT2D eigenvalue weighted by Gasteiger charge is -2.43. The predicted octanol–water partition coefficient (Wildman–Crippen LogP) is 5.27. The van der Waals surface area contributed by atoms with Crippen LogP contribution in [0.4, 0.5) is 13.2 Å². The number of rotatable bonds is 6. The summed E-state index contributed by atoms with van der Waals surface area (Å²) >= 11 is 6.38. The standard InChI is InChI=1S/C29H29ClF3N5O3/c1-17-15-36(24(16-39)21-6-4-5-7-23(21)30)12-13-37(17)28(40)22-14-34-38-26(29(31,32)33)18(2)25(35-27(22)38)19-8-10-20(41-3)11-9-19/h4-11,14,17,24,39H,12-13,15-16H2,1-3H3/t17-,24-/m1/s1. The van der Waals surface area contributed by atoms with E-state index in [1.54, 1.807) is 35.2 Å². The largest absolute Gasteiger partial charge is 0.497 e. The van der Waals surface area contributed by atoms with Crippen LogP contribution in [-0.4, -0.2) is 74.8 Å². The molecule has 0 unspecified atom stereocenters. The fraction of sp³-hybridized carbons (Fsp3) is 0.345. The number of aliphatic hydroxyl groups excluding tert-OH is 1. The van der Waals surface area contributed by atoms with Gasteiger partial charge in [-0.05, 0) is 49.7 Å². The lowest BCUT2D eigenvalue weighted by atomic mass is 10.0. The zero-order valence-corrected chi connectivity index (χ0v) is 23.4. The van der Waals surface area contributed by atoms with Crippen molar-refractivity contribution >= 4 is 23.2 Å². The second-order valence-electron chi connectivity index (χ2n) is 10.0. The number of nitrogens with zero attached hydrogens (tertiary/aromatic N) is 5. The van der Waals surface area contributed by atoms with E-state index in [2.05, 4.69) is 15.0 Å². The van der Waals surface area contributed by atoms with Crippen LogP contribution in [0.1, 0.15) is 40.1 Å². The molecule has 4 aromatic rings. The van der Waals surface area contributed by atoms with E-state index in [1.165, 1.54) is 14.0 Å². The van der Waals surface area contributed by atoms with Crippen molar-refractivity contribution in [2.24, 2.45) is 0 Å². The fourth-order valence-corrected chi connectivity index (χ4v) is 5.73. The highest BCUT2D eigenvalue weighted by molar-refractivity contribution is 6.31. The third kappa shape index (κ3) is 5.37. The molecule has 216 valence electrons. The van der Waals surface area contributed by atoms with Crippen LogP contribution in [0, 0.1) is 6.92 Å². The number of aliphatic hydroxyl groups is 1. The molecule has 1 aliphatic rings. The molecule has 3 heterocycles. The smallest absolute Gasteiger partial charge is 0.433 e. The summed E-state index contributed by atoms with van der Waals surface area (Å²) in [7, 11) is 1.50. The molecule has 0 aliphatic carbocycles. The number of carbonyl (C=O) groups is 1. The summed E-state index contributed by atoms with van der Waals surface area (Å²) in [5, 5.41) is 14.7. The van der Waals surface area contributed by atoms with Gasteiger partial charge in [0.15, 0.2) is 11.3 Å². The second-order valence-corrected chi connectivity index (χ2v) is 10.4. The molecule has 8 nitrogen and oxygen atoms in total. The van der Waals surface area contributed by atoms with Crippen LogP contribution in [0.2, 0.25) is 5.02 Å². The third-order valence-corrected chi connectivity index (χ3v) is 7.89. The maximum atomic E-state index is 14.3.